The molecule has 9 rings (SSSR count). The van der Waals surface area contributed by atoms with Gasteiger partial charge in [0.05, 0.1) is 39.1 Å². The van der Waals surface area contributed by atoms with Gasteiger partial charge >= 0.3 is 0 Å². The fraction of sp³-hybridized carbons (Fsp3) is 0. The summed E-state index contributed by atoms with van der Waals surface area (Å²) in [5, 5.41) is 4.95. The van der Waals surface area contributed by atoms with Gasteiger partial charge in [0.2, 0.25) is 0 Å². The third kappa shape index (κ3) is 3.78. The van der Waals surface area contributed by atoms with Crippen LogP contribution in [0, 0.1) is 0 Å². The number of aromatic nitrogens is 4. The number of nitrogens with zero attached hydrogens (tertiary/aromatic N) is 4. The Hall–Kier alpha value is -6.00. The number of benzene rings is 5. The largest absolute Gasteiger partial charge is 0.309 e. The highest BCUT2D eigenvalue weighted by atomic mass is 15.0. The quantitative estimate of drug-likeness (QED) is 0.214. The van der Waals surface area contributed by atoms with Gasteiger partial charge in [-0.25, -0.2) is 4.98 Å². The van der Waals surface area contributed by atoms with Crippen LogP contribution in [0.15, 0.2) is 158 Å². The zero-order chi connectivity index (χ0) is 29.0. The summed E-state index contributed by atoms with van der Waals surface area (Å²) in [5.74, 6) is 0. The minimum Gasteiger partial charge on any atom is -0.309 e. The van der Waals surface area contributed by atoms with Crippen molar-refractivity contribution in [3.8, 4) is 34.0 Å². The van der Waals surface area contributed by atoms with Gasteiger partial charge in [-0.1, -0.05) is 84.9 Å². The molecule has 0 aliphatic heterocycles. The number of fused-ring (bicyclic) bond motifs is 6. The number of para-hydroxylation sites is 4. The Balaban J connectivity index is 1.37. The Kier molecular flexibility index (Phi) is 5.47. The molecule has 0 saturated heterocycles. The molecule has 0 saturated carbocycles. The molecule has 0 amide bonds. The van der Waals surface area contributed by atoms with Gasteiger partial charge in [-0.2, -0.15) is 0 Å². The van der Waals surface area contributed by atoms with Crippen LogP contribution in [0.25, 0.3) is 77.6 Å². The first-order valence-electron chi connectivity index (χ1n) is 14.8. The van der Waals surface area contributed by atoms with Crippen molar-refractivity contribution in [1.82, 2.24) is 19.1 Å². The van der Waals surface area contributed by atoms with Gasteiger partial charge in [-0.15, -0.1) is 0 Å². The molecular formula is C40H26N4. The molecule has 0 fully saturated rings. The molecule has 0 unspecified atom stereocenters. The number of pyridine rings is 2. The van der Waals surface area contributed by atoms with E-state index in [0.717, 1.165) is 34.0 Å². The third-order valence-electron chi connectivity index (χ3n) is 8.55. The van der Waals surface area contributed by atoms with Crippen molar-refractivity contribution in [2.45, 2.75) is 0 Å². The fourth-order valence-electron chi connectivity index (χ4n) is 6.66. The van der Waals surface area contributed by atoms with E-state index in [4.69, 9.17) is 4.98 Å². The Morgan fingerprint density at radius 3 is 1.27 bits per heavy atom. The van der Waals surface area contributed by atoms with Gasteiger partial charge in [0.1, 0.15) is 0 Å². The van der Waals surface area contributed by atoms with Crippen molar-refractivity contribution < 1.29 is 0 Å². The number of hydrogen-bond donors (Lipinski definition) is 0. The number of rotatable bonds is 4. The second-order valence-electron chi connectivity index (χ2n) is 11.1. The van der Waals surface area contributed by atoms with Crippen LogP contribution in [0.4, 0.5) is 0 Å². The highest BCUT2D eigenvalue weighted by Crippen LogP contribution is 2.37. The lowest BCUT2D eigenvalue weighted by Crippen LogP contribution is -2.00. The van der Waals surface area contributed by atoms with Crippen molar-refractivity contribution >= 4 is 43.6 Å². The highest BCUT2D eigenvalue weighted by molar-refractivity contribution is 6.10. The maximum absolute atomic E-state index is 5.13. The van der Waals surface area contributed by atoms with E-state index < -0.39 is 0 Å². The molecule has 9 aromatic rings. The summed E-state index contributed by atoms with van der Waals surface area (Å²) in [6, 6.07) is 53.6. The molecule has 0 N–H and O–H groups in total. The van der Waals surface area contributed by atoms with Gasteiger partial charge in [-0.05, 0) is 66.7 Å². The van der Waals surface area contributed by atoms with E-state index in [1.54, 1.807) is 0 Å². The molecule has 0 aliphatic rings. The maximum Gasteiger partial charge on any atom is 0.0893 e. The standard InChI is InChI=1S/C40H26N4/c1-5-19-37-30(12-1)31-13-2-6-20-38(31)43(37)28-24-27(34-17-11-18-36(42-34)35-16-9-10-23-41-35)25-29(26-28)44-39-21-7-3-14-32(39)33-15-4-8-22-40(33)44/h1-26H. The summed E-state index contributed by atoms with van der Waals surface area (Å²) in [6.45, 7) is 0. The lowest BCUT2D eigenvalue weighted by Gasteiger charge is -2.16. The molecule has 0 aliphatic carbocycles. The Morgan fingerprint density at radius 2 is 0.795 bits per heavy atom. The second-order valence-corrected chi connectivity index (χ2v) is 11.1. The van der Waals surface area contributed by atoms with E-state index in [-0.39, 0.29) is 0 Å². The third-order valence-corrected chi connectivity index (χ3v) is 8.55. The molecular weight excluding hydrogens is 536 g/mol. The summed E-state index contributed by atoms with van der Waals surface area (Å²) in [7, 11) is 0. The van der Waals surface area contributed by atoms with E-state index in [1.807, 2.05) is 30.5 Å². The average molecular weight is 563 g/mol. The van der Waals surface area contributed by atoms with Gasteiger partial charge in [-0.3, -0.25) is 4.98 Å². The summed E-state index contributed by atoms with van der Waals surface area (Å²) < 4.78 is 4.77. The Morgan fingerprint density at radius 1 is 0.364 bits per heavy atom. The molecule has 4 aromatic heterocycles. The van der Waals surface area contributed by atoms with Crippen LogP contribution in [0.3, 0.4) is 0 Å². The van der Waals surface area contributed by atoms with Crippen LogP contribution in [0.5, 0.6) is 0 Å². The first kappa shape index (κ1) is 24.6. The van der Waals surface area contributed by atoms with Crippen LogP contribution in [-0.4, -0.2) is 19.1 Å². The topological polar surface area (TPSA) is 35.6 Å². The molecule has 4 heterocycles. The molecule has 0 radical (unpaired) electrons. The van der Waals surface area contributed by atoms with Crippen molar-refractivity contribution in [3.05, 3.63) is 158 Å². The molecule has 206 valence electrons. The summed E-state index contributed by atoms with van der Waals surface area (Å²) >= 11 is 0. The van der Waals surface area contributed by atoms with Gasteiger partial charge < -0.3 is 9.13 Å². The molecule has 0 spiro atoms. The van der Waals surface area contributed by atoms with Gasteiger partial charge in [0.25, 0.3) is 0 Å². The zero-order valence-corrected chi connectivity index (χ0v) is 23.8. The average Bonchev–Trinajstić information content (AvgIpc) is 3.62. The van der Waals surface area contributed by atoms with E-state index in [0.29, 0.717) is 0 Å². The molecule has 0 atom stereocenters. The van der Waals surface area contributed by atoms with Gasteiger partial charge in [0.15, 0.2) is 0 Å². The van der Waals surface area contributed by atoms with Crippen LogP contribution in [0.1, 0.15) is 0 Å². The lowest BCUT2D eigenvalue weighted by atomic mass is 10.1. The lowest BCUT2D eigenvalue weighted by molar-refractivity contribution is 1.13. The van der Waals surface area contributed by atoms with Crippen LogP contribution in [-0.2, 0) is 0 Å². The molecule has 4 nitrogen and oxygen atoms in total. The zero-order valence-electron chi connectivity index (χ0n) is 23.8. The first-order chi connectivity index (χ1) is 21.8. The first-order valence-corrected chi connectivity index (χ1v) is 14.8. The van der Waals surface area contributed by atoms with E-state index in [2.05, 4.69) is 142 Å². The normalized spacial score (nSPS) is 11.6. The minimum absolute atomic E-state index is 0.851. The van der Waals surface area contributed by atoms with Crippen molar-refractivity contribution in [1.29, 1.82) is 0 Å². The van der Waals surface area contributed by atoms with Crippen molar-refractivity contribution in [3.63, 3.8) is 0 Å². The molecule has 5 aromatic carbocycles. The predicted molar refractivity (Wildman–Crippen MR) is 182 cm³/mol. The second kappa shape index (κ2) is 9.79. The van der Waals surface area contributed by atoms with Crippen LogP contribution >= 0.6 is 0 Å². The highest BCUT2D eigenvalue weighted by Gasteiger charge is 2.17. The Labute approximate surface area is 254 Å². The van der Waals surface area contributed by atoms with Crippen LogP contribution in [0.2, 0.25) is 0 Å². The van der Waals surface area contributed by atoms with Gasteiger partial charge in [0, 0.05) is 44.7 Å². The van der Waals surface area contributed by atoms with E-state index in [1.165, 1.54) is 43.6 Å². The van der Waals surface area contributed by atoms with Crippen molar-refractivity contribution in [2.75, 3.05) is 0 Å². The van der Waals surface area contributed by atoms with Crippen LogP contribution < -0.4 is 0 Å². The van der Waals surface area contributed by atoms with E-state index >= 15 is 0 Å². The predicted octanol–water partition coefficient (Wildman–Crippen LogP) is 10.0. The smallest absolute Gasteiger partial charge is 0.0893 e. The molecule has 4 heteroatoms. The molecule has 44 heavy (non-hydrogen) atoms. The summed E-state index contributed by atoms with van der Waals surface area (Å²) in [4.78, 5) is 9.69. The minimum atomic E-state index is 0.851. The van der Waals surface area contributed by atoms with E-state index in [9.17, 15) is 0 Å². The SMILES string of the molecule is c1ccc(-c2cccc(-c3cc(-n4c5ccccc5c5ccccc54)cc(-n4c5ccccc5c5ccccc54)c3)n2)nc1. The monoisotopic (exact) mass is 562 g/mol. The number of hydrogen-bond acceptors (Lipinski definition) is 2. The molecule has 0 bridgehead atoms. The maximum atomic E-state index is 5.13. The van der Waals surface area contributed by atoms with Crippen molar-refractivity contribution in [2.24, 2.45) is 0 Å². The fourth-order valence-corrected chi connectivity index (χ4v) is 6.66. The summed E-state index contributed by atoms with van der Waals surface area (Å²) in [6.07, 6.45) is 1.81. The Bertz CT molecular complexity index is 2260. The summed E-state index contributed by atoms with van der Waals surface area (Å²) in [5.41, 5.74) is 10.5.